The quantitative estimate of drug-likeness (QED) is 0.884. The average Bonchev–Trinajstić information content (AvgIpc) is 2.90. The number of carbonyl (C=O) groups excluding carboxylic acids is 1. The summed E-state index contributed by atoms with van der Waals surface area (Å²) in [5.74, 6) is -0.147. The molecule has 2 heterocycles. The summed E-state index contributed by atoms with van der Waals surface area (Å²) in [5.41, 5.74) is 1.33. The summed E-state index contributed by atoms with van der Waals surface area (Å²) < 4.78 is 5.59. The van der Waals surface area contributed by atoms with E-state index in [4.69, 9.17) is 4.74 Å². The second kappa shape index (κ2) is 5.40. The predicted octanol–water partition coefficient (Wildman–Crippen LogP) is 1.86. The van der Waals surface area contributed by atoms with E-state index in [1.165, 1.54) is 6.42 Å². The fourth-order valence-electron chi connectivity index (χ4n) is 2.40. The first kappa shape index (κ1) is 12.2. The molecule has 1 aromatic heterocycles. The van der Waals surface area contributed by atoms with Crippen molar-refractivity contribution < 1.29 is 9.53 Å². The van der Waals surface area contributed by atoms with E-state index in [2.05, 4.69) is 15.5 Å². The van der Waals surface area contributed by atoms with Crippen LogP contribution >= 0.6 is 0 Å². The van der Waals surface area contributed by atoms with E-state index in [0.29, 0.717) is 12.2 Å². The third-order valence-electron chi connectivity index (χ3n) is 3.45. The molecule has 1 amide bonds. The number of benzene rings is 1. The van der Waals surface area contributed by atoms with Crippen LogP contribution in [0.3, 0.4) is 0 Å². The summed E-state index contributed by atoms with van der Waals surface area (Å²) in [6.07, 6.45) is 3.45. The van der Waals surface area contributed by atoms with E-state index in [-0.39, 0.29) is 12.0 Å². The SMILES string of the molecule is O=C(NCC1CCCCO1)c1n[nH]c2ccccc12. The minimum absolute atomic E-state index is 0.142. The standard InChI is InChI=1S/C14H17N3O2/c18-14(15-9-10-5-3-4-8-19-10)13-11-6-1-2-7-12(11)16-17-13/h1-2,6-7,10H,3-5,8-9H2,(H,15,18)(H,16,17). The molecular weight excluding hydrogens is 242 g/mol. The summed E-state index contributed by atoms with van der Waals surface area (Å²) in [6, 6.07) is 7.62. The number of nitrogens with one attached hydrogen (secondary N) is 2. The van der Waals surface area contributed by atoms with Crippen LogP contribution < -0.4 is 5.32 Å². The first-order chi connectivity index (χ1) is 9.34. The summed E-state index contributed by atoms with van der Waals surface area (Å²) in [4.78, 5) is 12.1. The van der Waals surface area contributed by atoms with Crippen molar-refractivity contribution in [2.45, 2.75) is 25.4 Å². The number of ether oxygens (including phenoxy) is 1. The van der Waals surface area contributed by atoms with E-state index >= 15 is 0 Å². The maximum Gasteiger partial charge on any atom is 0.272 e. The Morgan fingerprint density at radius 1 is 1.42 bits per heavy atom. The lowest BCUT2D eigenvalue weighted by molar-refractivity contribution is 0.0168. The second-order valence-electron chi connectivity index (χ2n) is 4.82. The van der Waals surface area contributed by atoms with E-state index in [0.717, 1.165) is 30.4 Å². The molecule has 0 saturated carbocycles. The van der Waals surface area contributed by atoms with Gasteiger partial charge in [-0.05, 0) is 25.3 Å². The van der Waals surface area contributed by atoms with Crippen molar-refractivity contribution in [1.29, 1.82) is 0 Å². The molecular formula is C14H17N3O2. The van der Waals surface area contributed by atoms with Crippen LogP contribution in [0, 0.1) is 0 Å². The van der Waals surface area contributed by atoms with Gasteiger partial charge in [-0.1, -0.05) is 18.2 Å². The molecule has 0 spiro atoms. The number of H-pyrrole nitrogens is 1. The van der Waals surface area contributed by atoms with E-state index in [1.807, 2.05) is 24.3 Å². The smallest absolute Gasteiger partial charge is 0.272 e. The lowest BCUT2D eigenvalue weighted by Gasteiger charge is -2.22. The molecule has 3 rings (SSSR count). The minimum atomic E-state index is -0.147. The van der Waals surface area contributed by atoms with Crippen LogP contribution in [-0.4, -0.2) is 35.4 Å². The Labute approximate surface area is 111 Å². The molecule has 1 aliphatic rings. The van der Waals surface area contributed by atoms with Crippen LogP contribution in [0.5, 0.6) is 0 Å². The molecule has 1 aromatic carbocycles. The molecule has 5 nitrogen and oxygen atoms in total. The van der Waals surface area contributed by atoms with Crippen LogP contribution in [0.1, 0.15) is 29.8 Å². The fourth-order valence-corrected chi connectivity index (χ4v) is 2.40. The van der Waals surface area contributed by atoms with Gasteiger partial charge in [0, 0.05) is 18.5 Å². The lowest BCUT2D eigenvalue weighted by Crippen LogP contribution is -2.35. The van der Waals surface area contributed by atoms with Gasteiger partial charge in [0.1, 0.15) is 0 Å². The van der Waals surface area contributed by atoms with Crippen LogP contribution in [0.25, 0.3) is 10.9 Å². The molecule has 2 N–H and O–H groups in total. The van der Waals surface area contributed by atoms with Crippen molar-refractivity contribution >= 4 is 16.8 Å². The van der Waals surface area contributed by atoms with Gasteiger partial charge >= 0.3 is 0 Å². The maximum absolute atomic E-state index is 12.1. The molecule has 1 saturated heterocycles. The van der Waals surface area contributed by atoms with E-state index in [9.17, 15) is 4.79 Å². The largest absolute Gasteiger partial charge is 0.376 e. The van der Waals surface area contributed by atoms with Gasteiger partial charge in [-0.3, -0.25) is 9.89 Å². The van der Waals surface area contributed by atoms with Crippen LogP contribution in [0.15, 0.2) is 24.3 Å². The highest BCUT2D eigenvalue weighted by atomic mass is 16.5. The zero-order chi connectivity index (χ0) is 13.1. The number of aromatic amines is 1. The van der Waals surface area contributed by atoms with E-state index in [1.54, 1.807) is 0 Å². The third-order valence-corrected chi connectivity index (χ3v) is 3.45. The van der Waals surface area contributed by atoms with Gasteiger partial charge in [0.2, 0.25) is 0 Å². The van der Waals surface area contributed by atoms with Gasteiger partial charge in [-0.15, -0.1) is 0 Å². The van der Waals surface area contributed by atoms with Crippen molar-refractivity contribution in [1.82, 2.24) is 15.5 Å². The molecule has 1 fully saturated rings. The highest BCUT2D eigenvalue weighted by Gasteiger charge is 2.17. The van der Waals surface area contributed by atoms with Crippen molar-refractivity contribution in [2.75, 3.05) is 13.2 Å². The predicted molar refractivity (Wildman–Crippen MR) is 72.0 cm³/mol. The first-order valence-electron chi connectivity index (χ1n) is 6.67. The first-order valence-corrected chi connectivity index (χ1v) is 6.67. The molecule has 0 bridgehead atoms. The van der Waals surface area contributed by atoms with Gasteiger partial charge < -0.3 is 10.1 Å². The number of para-hydroxylation sites is 1. The fraction of sp³-hybridized carbons (Fsp3) is 0.429. The van der Waals surface area contributed by atoms with Gasteiger partial charge in [0.05, 0.1) is 11.6 Å². The van der Waals surface area contributed by atoms with Crippen LogP contribution in [0.2, 0.25) is 0 Å². The van der Waals surface area contributed by atoms with Crippen LogP contribution in [-0.2, 0) is 4.74 Å². The molecule has 5 heteroatoms. The van der Waals surface area contributed by atoms with E-state index < -0.39 is 0 Å². The van der Waals surface area contributed by atoms with Gasteiger partial charge in [0.25, 0.3) is 5.91 Å². The summed E-state index contributed by atoms with van der Waals surface area (Å²) in [7, 11) is 0. The second-order valence-corrected chi connectivity index (χ2v) is 4.82. The monoisotopic (exact) mass is 259 g/mol. The Morgan fingerprint density at radius 3 is 3.16 bits per heavy atom. The van der Waals surface area contributed by atoms with Crippen molar-refractivity contribution in [2.24, 2.45) is 0 Å². The number of carbonyl (C=O) groups is 1. The number of aromatic nitrogens is 2. The topological polar surface area (TPSA) is 67.0 Å². The molecule has 0 aliphatic carbocycles. The summed E-state index contributed by atoms with van der Waals surface area (Å²) in [5, 5.41) is 10.7. The summed E-state index contributed by atoms with van der Waals surface area (Å²) in [6.45, 7) is 1.35. The lowest BCUT2D eigenvalue weighted by atomic mass is 10.1. The number of fused-ring (bicyclic) bond motifs is 1. The third kappa shape index (κ3) is 2.61. The zero-order valence-corrected chi connectivity index (χ0v) is 10.7. The number of hydrogen-bond donors (Lipinski definition) is 2. The Morgan fingerprint density at radius 2 is 2.32 bits per heavy atom. The highest BCUT2D eigenvalue weighted by molar-refractivity contribution is 6.04. The average molecular weight is 259 g/mol. The van der Waals surface area contributed by atoms with Crippen molar-refractivity contribution in [3.8, 4) is 0 Å². The van der Waals surface area contributed by atoms with Gasteiger partial charge in [0.15, 0.2) is 5.69 Å². The molecule has 19 heavy (non-hydrogen) atoms. The van der Waals surface area contributed by atoms with Crippen LogP contribution in [0.4, 0.5) is 0 Å². The Hall–Kier alpha value is -1.88. The minimum Gasteiger partial charge on any atom is -0.376 e. The molecule has 1 aliphatic heterocycles. The Kier molecular flexibility index (Phi) is 3.46. The summed E-state index contributed by atoms with van der Waals surface area (Å²) >= 11 is 0. The molecule has 1 unspecified atom stereocenters. The Bertz CT molecular complexity index is 573. The number of amides is 1. The molecule has 2 aromatic rings. The number of hydrogen-bond acceptors (Lipinski definition) is 3. The molecule has 0 radical (unpaired) electrons. The number of nitrogens with zero attached hydrogens (tertiary/aromatic N) is 1. The normalized spacial score (nSPS) is 19.5. The van der Waals surface area contributed by atoms with Crippen molar-refractivity contribution in [3.63, 3.8) is 0 Å². The highest BCUT2D eigenvalue weighted by Crippen LogP contribution is 2.15. The van der Waals surface area contributed by atoms with Crippen molar-refractivity contribution in [3.05, 3.63) is 30.0 Å². The Balaban J connectivity index is 1.66. The molecule has 100 valence electrons. The zero-order valence-electron chi connectivity index (χ0n) is 10.7. The molecule has 1 atom stereocenters. The maximum atomic E-state index is 12.1. The van der Waals surface area contributed by atoms with Gasteiger partial charge in [-0.25, -0.2) is 0 Å². The van der Waals surface area contributed by atoms with Gasteiger partial charge in [-0.2, -0.15) is 5.10 Å². The number of rotatable bonds is 3.